The summed E-state index contributed by atoms with van der Waals surface area (Å²) in [5.74, 6) is -1.14. The van der Waals surface area contributed by atoms with Crippen LogP contribution in [-0.4, -0.2) is 36.4 Å². The molecule has 1 N–H and O–H groups in total. The summed E-state index contributed by atoms with van der Waals surface area (Å²) in [6, 6.07) is 29.8. The largest absolute Gasteiger partial charge is 0.354 e. The molecule has 5 nitrogen and oxygen atoms in total. The molecule has 50 heavy (non-hydrogen) atoms. The molecule has 0 fully saturated rings. The quantitative estimate of drug-likeness (QED) is 0.210. The number of benzene rings is 3. The van der Waals surface area contributed by atoms with Crippen LogP contribution in [0.4, 0.5) is 0 Å². The number of hydrogen-bond donors (Lipinski definition) is 1. The Hall–Kier alpha value is -5.36. The van der Waals surface area contributed by atoms with Crippen molar-refractivity contribution in [1.82, 2.24) is 4.98 Å². The first-order valence-electron chi connectivity index (χ1n) is 17.4. The fraction of sp³-hybridized carbons (Fsp3) is 0.200. The van der Waals surface area contributed by atoms with Crippen molar-refractivity contribution in [3.63, 3.8) is 0 Å². The van der Waals surface area contributed by atoms with E-state index in [1.54, 1.807) is 14.2 Å². The third-order valence-electron chi connectivity index (χ3n) is 10.6. The first-order chi connectivity index (χ1) is 24.4. The van der Waals surface area contributed by atoms with Crippen molar-refractivity contribution >= 4 is 34.7 Å². The number of nitrogens with one attached hydrogen (secondary N) is 1. The van der Waals surface area contributed by atoms with Crippen LogP contribution in [0.25, 0.3) is 45.6 Å². The van der Waals surface area contributed by atoms with Crippen molar-refractivity contribution in [2.75, 3.05) is 14.2 Å². The number of fused-ring (bicyclic) bond motifs is 9. The minimum atomic E-state index is -1.14. The van der Waals surface area contributed by atoms with Crippen molar-refractivity contribution in [3.05, 3.63) is 153 Å². The number of H-pyrrole nitrogens is 1. The average molecular weight is 656 g/mol. The second-order valence-electron chi connectivity index (χ2n) is 13.1. The molecule has 4 aromatic rings. The molecule has 1 aliphatic carbocycles. The second-order valence-corrected chi connectivity index (χ2v) is 13.1. The predicted octanol–water partition coefficient (Wildman–Crippen LogP) is 10.9. The molecule has 8 rings (SSSR count). The van der Waals surface area contributed by atoms with E-state index in [-0.39, 0.29) is 0 Å². The maximum absolute atomic E-state index is 6.41. The van der Waals surface area contributed by atoms with Crippen molar-refractivity contribution in [1.29, 1.82) is 0 Å². The summed E-state index contributed by atoms with van der Waals surface area (Å²) in [6.45, 7) is 8.76. The highest BCUT2D eigenvalue weighted by molar-refractivity contribution is 6.21. The van der Waals surface area contributed by atoms with E-state index in [4.69, 9.17) is 19.5 Å². The number of aromatic amines is 1. The van der Waals surface area contributed by atoms with E-state index in [1.807, 2.05) is 0 Å². The highest BCUT2D eigenvalue weighted by Crippen LogP contribution is 2.52. The molecule has 1 aromatic heterocycles. The summed E-state index contributed by atoms with van der Waals surface area (Å²) in [6.07, 6.45) is 10.5. The summed E-state index contributed by atoms with van der Waals surface area (Å²) in [5.41, 5.74) is 19.0. The van der Waals surface area contributed by atoms with Crippen LogP contribution < -0.4 is 0 Å². The van der Waals surface area contributed by atoms with E-state index in [9.17, 15) is 0 Å². The van der Waals surface area contributed by atoms with Crippen molar-refractivity contribution in [2.45, 2.75) is 46.3 Å². The molecule has 0 saturated carbocycles. The molecule has 8 bridgehead atoms. The number of hydrogen-bond acceptors (Lipinski definition) is 4. The van der Waals surface area contributed by atoms with Gasteiger partial charge in [-0.2, -0.15) is 0 Å². The van der Waals surface area contributed by atoms with Crippen LogP contribution in [0.15, 0.2) is 141 Å². The monoisotopic (exact) mass is 655 g/mol. The van der Waals surface area contributed by atoms with Gasteiger partial charge < -0.3 is 14.5 Å². The van der Waals surface area contributed by atoms with Gasteiger partial charge in [0, 0.05) is 47.9 Å². The minimum absolute atomic E-state index is 0.847. The molecule has 3 aromatic carbocycles. The van der Waals surface area contributed by atoms with Gasteiger partial charge in [-0.05, 0) is 95.5 Å². The first kappa shape index (κ1) is 31.9. The number of methoxy groups -OCH3 is 2. The van der Waals surface area contributed by atoms with Crippen LogP contribution >= 0.6 is 0 Å². The summed E-state index contributed by atoms with van der Waals surface area (Å²) < 4.78 is 12.8. The van der Waals surface area contributed by atoms with Crippen LogP contribution in [0.3, 0.4) is 0 Å². The number of aliphatic imine (C=N–C) groups is 2. The SMILES string of the molecule is CCC1=C(C)C2=NC1=Cc1[nH]c(c(-c3ccccc3)c1-c1ccccc1)C=C1N=C(C=C3c4ccccc4C(=C2)C3(OC)OC)C(C)=C1CC. The number of allylic oxidation sites excluding steroid dienone is 6. The third-order valence-corrected chi connectivity index (χ3v) is 10.6. The zero-order valence-corrected chi connectivity index (χ0v) is 29.5. The van der Waals surface area contributed by atoms with Crippen LogP contribution in [0.1, 0.15) is 63.1 Å². The fourth-order valence-electron chi connectivity index (χ4n) is 8.10. The minimum Gasteiger partial charge on any atom is -0.354 e. The van der Waals surface area contributed by atoms with E-state index in [0.717, 1.165) is 103 Å². The topological polar surface area (TPSA) is 59.0 Å². The highest BCUT2D eigenvalue weighted by atomic mass is 16.7. The molecule has 248 valence electrons. The first-order valence-corrected chi connectivity index (χ1v) is 17.4. The summed E-state index contributed by atoms with van der Waals surface area (Å²) >= 11 is 0. The maximum atomic E-state index is 6.41. The molecular formula is C45H41N3O2. The maximum Gasteiger partial charge on any atom is 0.223 e. The molecule has 0 radical (unpaired) electrons. The number of aromatic nitrogens is 1. The standard InChI is InChI=1S/C45H41N3O2/c1-7-31-27(3)37-23-35-33-21-15-16-22-34(33)36(45(35,49-5)50-6)24-38-28(4)32(8-2)40(47-38)26-42-44(30-19-13-10-14-20-30)43(29-17-11-9-12-18-29)41(48-42)25-39(31)46-37/h9-26,48H,7-8H2,1-6H3. The second kappa shape index (κ2) is 12.5. The number of nitrogens with zero attached hydrogens (tertiary/aromatic N) is 2. The third kappa shape index (κ3) is 4.84. The molecule has 5 heteroatoms. The molecule has 0 amide bonds. The summed E-state index contributed by atoms with van der Waals surface area (Å²) in [7, 11) is 3.44. The van der Waals surface area contributed by atoms with Crippen LogP contribution in [0, 0.1) is 0 Å². The Bertz CT molecular complexity index is 2140. The van der Waals surface area contributed by atoms with E-state index in [1.165, 1.54) is 11.1 Å². The zero-order valence-electron chi connectivity index (χ0n) is 29.5. The highest BCUT2D eigenvalue weighted by Gasteiger charge is 2.48. The van der Waals surface area contributed by atoms with E-state index in [0.29, 0.717) is 0 Å². The molecule has 3 aliphatic heterocycles. The Morgan fingerprint density at radius 2 is 0.960 bits per heavy atom. The molecule has 4 aliphatic rings. The normalized spacial score (nSPS) is 17.6. The Labute approximate surface area is 294 Å². The lowest BCUT2D eigenvalue weighted by atomic mass is 9.93. The molecule has 0 unspecified atom stereocenters. The predicted molar refractivity (Wildman–Crippen MR) is 208 cm³/mol. The smallest absolute Gasteiger partial charge is 0.223 e. The van der Waals surface area contributed by atoms with Gasteiger partial charge in [0.1, 0.15) is 0 Å². The number of ether oxygens (including phenoxy) is 2. The molecule has 0 atom stereocenters. The van der Waals surface area contributed by atoms with Gasteiger partial charge in [-0.1, -0.05) is 98.8 Å². The Kier molecular flexibility index (Phi) is 7.98. The van der Waals surface area contributed by atoms with Gasteiger partial charge in [0.05, 0.1) is 22.8 Å². The van der Waals surface area contributed by atoms with Gasteiger partial charge in [0.25, 0.3) is 0 Å². The lowest BCUT2D eigenvalue weighted by Crippen LogP contribution is -2.33. The summed E-state index contributed by atoms with van der Waals surface area (Å²) in [4.78, 5) is 14.6. The van der Waals surface area contributed by atoms with Gasteiger partial charge in [-0.15, -0.1) is 0 Å². The Morgan fingerprint density at radius 1 is 0.560 bits per heavy atom. The molecule has 0 spiro atoms. The van der Waals surface area contributed by atoms with Crippen molar-refractivity contribution in [2.24, 2.45) is 9.98 Å². The molecule has 4 heterocycles. The number of rotatable bonds is 6. The van der Waals surface area contributed by atoms with Crippen LogP contribution in [0.5, 0.6) is 0 Å². The van der Waals surface area contributed by atoms with Crippen LogP contribution in [0.2, 0.25) is 0 Å². The van der Waals surface area contributed by atoms with Gasteiger partial charge in [-0.3, -0.25) is 0 Å². The lowest BCUT2D eigenvalue weighted by molar-refractivity contribution is -0.114. The zero-order chi connectivity index (χ0) is 34.6. The fourth-order valence-corrected chi connectivity index (χ4v) is 8.10. The van der Waals surface area contributed by atoms with Crippen molar-refractivity contribution < 1.29 is 9.47 Å². The lowest BCUT2D eigenvalue weighted by Gasteiger charge is -2.30. The van der Waals surface area contributed by atoms with E-state index in [2.05, 4.69) is 142 Å². The molecule has 0 saturated heterocycles. The molecular weight excluding hydrogens is 615 g/mol. The van der Waals surface area contributed by atoms with Crippen LogP contribution in [-0.2, 0) is 9.47 Å². The van der Waals surface area contributed by atoms with Gasteiger partial charge in [0.2, 0.25) is 5.79 Å². The van der Waals surface area contributed by atoms with E-state index >= 15 is 0 Å². The summed E-state index contributed by atoms with van der Waals surface area (Å²) in [5, 5.41) is 0. The average Bonchev–Trinajstić information content (AvgIpc) is 3.83. The Balaban J connectivity index is 1.52. The van der Waals surface area contributed by atoms with E-state index < -0.39 is 5.79 Å². The van der Waals surface area contributed by atoms with Gasteiger partial charge in [0.15, 0.2) is 0 Å². The van der Waals surface area contributed by atoms with Gasteiger partial charge in [-0.25, -0.2) is 9.98 Å². The van der Waals surface area contributed by atoms with Gasteiger partial charge >= 0.3 is 0 Å². The Morgan fingerprint density at radius 3 is 1.34 bits per heavy atom. The van der Waals surface area contributed by atoms with Crippen molar-refractivity contribution in [3.8, 4) is 22.3 Å².